The number of hydrogen-bond acceptors (Lipinski definition) is 7. The highest BCUT2D eigenvalue weighted by Gasteiger charge is 2.09. The third-order valence-electron chi connectivity index (χ3n) is 2.01. The van der Waals surface area contributed by atoms with Gasteiger partial charge in [-0.15, -0.1) is 10.2 Å². The zero-order chi connectivity index (χ0) is 11.5. The van der Waals surface area contributed by atoms with Crippen LogP contribution in [0.15, 0.2) is 9.68 Å². The number of nitrogens with two attached hydrogens (primary N) is 1. The molecule has 0 unspecified atom stereocenters. The molecule has 0 aliphatic heterocycles. The molecule has 2 rings (SSSR count). The van der Waals surface area contributed by atoms with Crippen molar-refractivity contribution in [3.63, 3.8) is 0 Å². The van der Waals surface area contributed by atoms with Crippen LogP contribution in [0.4, 0.5) is 5.95 Å². The van der Waals surface area contributed by atoms with E-state index in [-0.39, 0.29) is 0 Å². The molecule has 0 saturated carbocycles. The van der Waals surface area contributed by atoms with Gasteiger partial charge in [0.05, 0.1) is 5.75 Å². The summed E-state index contributed by atoms with van der Waals surface area (Å²) in [5.41, 5.74) is 5.56. The van der Waals surface area contributed by atoms with Gasteiger partial charge in [0.15, 0.2) is 11.0 Å². The van der Waals surface area contributed by atoms with Gasteiger partial charge in [-0.2, -0.15) is 4.98 Å². The first kappa shape index (κ1) is 10.9. The van der Waals surface area contributed by atoms with Crippen LogP contribution < -0.4 is 5.73 Å². The Morgan fingerprint density at radius 1 is 1.44 bits per heavy atom. The second-order valence-electron chi connectivity index (χ2n) is 3.15. The highest BCUT2D eigenvalue weighted by Crippen LogP contribution is 2.20. The molecule has 8 heteroatoms. The normalized spacial score (nSPS) is 10.9. The maximum atomic E-state index is 5.56. The van der Waals surface area contributed by atoms with Gasteiger partial charge in [-0.3, -0.25) is 4.57 Å². The van der Waals surface area contributed by atoms with Gasteiger partial charge < -0.3 is 10.3 Å². The third-order valence-corrected chi connectivity index (χ3v) is 3.03. The Hall–Kier alpha value is -1.57. The molecule has 0 saturated heterocycles. The fourth-order valence-corrected chi connectivity index (χ4v) is 1.83. The van der Waals surface area contributed by atoms with E-state index in [1.807, 2.05) is 14.0 Å². The maximum absolute atomic E-state index is 5.56. The van der Waals surface area contributed by atoms with Crippen LogP contribution in [-0.2, 0) is 19.2 Å². The molecular weight excluding hydrogens is 228 g/mol. The average Bonchev–Trinajstić information content (AvgIpc) is 2.86. The number of anilines is 1. The molecular formula is C8H12N6OS. The fraction of sp³-hybridized carbons (Fsp3) is 0.500. The lowest BCUT2D eigenvalue weighted by molar-refractivity contribution is 0.378. The minimum absolute atomic E-state index is 0.393. The molecule has 2 aromatic rings. The SMILES string of the molecule is CCc1nc(CSc2nnc(N)n2C)no1. The second-order valence-corrected chi connectivity index (χ2v) is 4.09. The van der Waals surface area contributed by atoms with Crippen LogP contribution in [-0.4, -0.2) is 24.9 Å². The lowest BCUT2D eigenvalue weighted by atomic mass is 10.5. The highest BCUT2D eigenvalue weighted by molar-refractivity contribution is 7.98. The van der Waals surface area contributed by atoms with Gasteiger partial charge in [0.25, 0.3) is 0 Å². The molecule has 0 aliphatic rings. The van der Waals surface area contributed by atoms with Crippen LogP contribution in [0, 0.1) is 0 Å². The van der Waals surface area contributed by atoms with Crippen molar-refractivity contribution in [1.29, 1.82) is 0 Å². The average molecular weight is 240 g/mol. The molecule has 2 heterocycles. The van der Waals surface area contributed by atoms with Crippen LogP contribution in [0.25, 0.3) is 0 Å². The molecule has 0 atom stereocenters. The van der Waals surface area contributed by atoms with E-state index in [1.165, 1.54) is 11.8 Å². The van der Waals surface area contributed by atoms with Crippen molar-refractivity contribution in [3.05, 3.63) is 11.7 Å². The van der Waals surface area contributed by atoms with E-state index in [0.29, 0.717) is 23.4 Å². The first-order valence-electron chi connectivity index (χ1n) is 4.79. The van der Waals surface area contributed by atoms with Crippen molar-refractivity contribution in [2.45, 2.75) is 24.3 Å². The fourth-order valence-electron chi connectivity index (χ4n) is 1.07. The zero-order valence-electron chi connectivity index (χ0n) is 9.04. The number of nitrogens with zero attached hydrogens (tertiary/aromatic N) is 5. The summed E-state index contributed by atoms with van der Waals surface area (Å²) < 4.78 is 6.71. The second kappa shape index (κ2) is 4.52. The molecule has 0 spiro atoms. The number of aromatic nitrogens is 5. The smallest absolute Gasteiger partial charge is 0.226 e. The first-order chi connectivity index (χ1) is 7.70. The third kappa shape index (κ3) is 2.16. The highest BCUT2D eigenvalue weighted by atomic mass is 32.2. The molecule has 2 aromatic heterocycles. The quantitative estimate of drug-likeness (QED) is 0.783. The van der Waals surface area contributed by atoms with E-state index in [1.54, 1.807) is 4.57 Å². The van der Waals surface area contributed by atoms with Crippen molar-refractivity contribution in [2.24, 2.45) is 7.05 Å². The van der Waals surface area contributed by atoms with Crippen molar-refractivity contribution < 1.29 is 4.52 Å². The van der Waals surface area contributed by atoms with E-state index in [4.69, 9.17) is 10.3 Å². The Morgan fingerprint density at radius 2 is 2.25 bits per heavy atom. The van der Waals surface area contributed by atoms with Gasteiger partial charge in [0.1, 0.15) is 0 Å². The van der Waals surface area contributed by atoms with Crippen molar-refractivity contribution in [2.75, 3.05) is 5.73 Å². The minimum Gasteiger partial charge on any atom is -0.368 e. The van der Waals surface area contributed by atoms with Gasteiger partial charge in [0.2, 0.25) is 11.8 Å². The molecule has 16 heavy (non-hydrogen) atoms. The summed E-state index contributed by atoms with van der Waals surface area (Å²) in [6.07, 6.45) is 0.745. The van der Waals surface area contributed by atoms with Gasteiger partial charge >= 0.3 is 0 Å². The number of thioether (sulfide) groups is 1. The first-order valence-corrected chi connectivity index (χ1v) is 5.78. The minimum atomic E-state index is 0.393. The van der Waals surface area contributed by atoms with Crippen LogP contribution in [0.2, 0.25) is 0 Å². The molecule has 0 amide bonds. The Bertz CT molecular complexity index is 479. The van der Waals surface area contributed by atoms with Crippen LogP contribution in [0.1, 0.15) is 18.6 Å². The maximum Gasteiger partial charge on any atom is 0.226 e. The number of hydrogen-bond donors (Lipinski definition) is 1. The number of rotatable bonds is 4. The molecule has 7 nitrogen and oxygen atoms in total. The topological polar surface area (TPSA) is 95.7 Å². The summed E-state index contributed by atoms with van der Waals surface area (Å²) in [5.74, 6) is 2.29. The van der Waals surface area contributed by atoms with Crippen LogP contribution >= 0.6 is 11.8 Å². The lowest BCUT2D eigenvalue weighted by Crippen LogP contribution is -1.98. The molecule has 0 radical (unpaired) electrons. The van der Waals surface area contributed by atoms with Gasteiger partial charge in [0, 0.05) is 13.5 Å². The zero-order valence-corrected chi connectivity index (χ0v) is 9.86. The molecule has 0 aliphatic carbocycles. The molecule has 0 aromatic carbocycles. The molecule has 0 bridgehead atoms. The summed E-state index contributed by atoms with van der Waals surface area (Å²) in [6.45, 7) is 1.97. The largest absolute Gasteiger partial charge is 0.368 e. The monoisotopic (exact) mass is 240 g/mol. The Balaban J connectivity index is 1.99. The summed E-state index contributed by atoms with van der Waals surface area (Å²) in [4.78, 5) is 4.19. The molecule has 0 fully saturated rings. The van der Waals surface area contributed by atoms with E-state index in [9.17, 15) is 0 Å². The Labute approximate surface area is 96.4 Å². The van der Waals surface area contributed by atoms with Crippen molar-refractivity contribution in [1.82, 2.24) is 24.9 Å². The van der Waals surface area contributed by atoms with Crippen LogP contribution in [0.5, 0.6) is 0 Å². The molecule has 2 N–H and O–H groups in total. The summed E-state index contributed by atoms with van der Waals surface area (Å²) >= 11 is 1.47. The van der Waals surface area contributed by atoms with Crippen molar-refractivity contribution in [3.8, 4) is 0 Å². The lowest BCUT2D eigenvalue weighted by Gasteiger charge is -1.97. The predicted molar refractivity (Wildman–Crippen MR) is 58.7 cm³/mol. The standard InChI is InChI=1S/C8H12N6OS/c1-3-6-10-5(13-15-6)4-16-8-12-11-7(9)14(8)2/h3-4H2,1-2H3,(H2,9,11). The van der Waals surface area contributed by atoms with Crippen LogP contribution in [0.3, 0.4) is 0 Å². The van der Waals surface area contributed by atoms with Crippen molar-refractivity contribution >= 4 is 17.7 Å². The van der Waals surface area contributed by atoms with Gasteiger partial charge in [-0.1, -0.05) is 23.8 Å². The predicted octanol–water partition coefficient (Wildman–Crippen LogP) is 0.635. The Morgan fingerprint density at radius 3 is 2.81 bits per heavy atom. The summed E-state index contributed by atoms with van der Waals surface area (Å²) in [5, 5.41) is 12.3. The van der Waals surface area contributed by atoms with E-state index >= 15 is 0 Å². The van der Waals surface area contributed by atoms with E-state index in [0.717, 1.165) is 11.6 Å². The number of aryl methyl sites for hydroxylation is 1. The molecule has 86 valence electrons. The number of nitrogen functional groups attached to an aromatic ring is 1. The summed E-state index contributed by atoms with van der Waals surface area (Å²) in [7, 11) is 1.81. The summed E-state index contributed by atoms with van der Waals surface area (Å²) in [6, 6.07) is 0. The van der Waals surface area contributed by atoms with E-state index in [2.05, 4.69) is 20.3 Å². The Kier molecular flexibility index (Phi) is 3.09. The van der Waals surface area contributed by atoms with Gasteiger partial charge in [-0.05, 0) is 0 Å². The van der Waals surface area contributed by atoms with E-state index < -0.39 is 0 Å². The van der Waals surface area contributed by atoms with Gasteiger partial charge in [-0.25, -0.2) is 0 Å².